The third-order valence-electron chi connectivity index (χ3n) is 3.91. The van der Waals surface area contributed by atoms with Gasteiger partial charge in [0.2, 0.25) is 0 Å². The van der Waals surface area contributed by atoms with Crippen molar-refractivity contribution in [3.63, 3.8) is 0 Å². The molecule has 6 heteroatoms. The summed E-state index contributed by atoms with van der Waals surface area (Å²) in [4.78, 5) is 24.7. The van der Waals surface area contributed by atoms with Gasteiger partial charge < -0.3 is 10.2 Å². The fraction of sp³-hybridized carbons (Fsp3) is 0.500. The van der Waals surface area contributed by atoms with Crippen molar-refractivity contribution in [2.45, 2.75) is 25.8 Å². The highest BCUT2D eigenvalue weighted by Gasteiger charge is 2.25. The standard InChI is InChI=1S/C14H19N3O3/c1-10-12(4-3-5-13(10)17(19)20)14(18)16(2)11-6-8-15-9-7-11/h3-5,11,15H,6-9H2,1-2H3. The van der Waals surface area contributed by atoms with Gasteiger partial charge in [-0.2, -0.15) is 0 Å². The number of carbonyl (C=O) groups is 1. The lowest BCUT2D eigenvalue weighted by molar-refractivity contribution is -0.385. The molecule has 1 amide bonds. The molecule has 0 unspecified atom stereocenters. The Hall–Kier alpha value is -1.95. The average Bonchev–Trinajstić information content (AvgIpc) is 2.46. The Labute approximate surface area is 117 Å². The number of nitrogens with zero attached hydrogens (tertiary/aromatic N) is 2. The first kappa shape index (κ1) is 14.5. The smallest absolute Gasteiger partial charge is 0.273 e. The first-order valence-corrected chi connectivity index (χ1v) is 6.74. The summed E-state index contributed by atoms with van der Waals surface area (Å²) in [7, 11) is 1.77. The van der Waals surface area contributed by atoms with Crippen LogP contribution < -0.4 is 5.32 Å². The highest BCUT2D eigenvalue weighted by Crippen LogP contribution is 2.23. The van der Waals surface area contributed by atoms with E-state index in [2.05, 4.69) is 5.32 Å². The van der Waals surface area contributed by atoms with E-state index in [0.29, 0.717) is 11.1 Å². The quantitative estimate of drug-likeness (QED) is 0.674. The number of amides is 1. The summed E-state index contributed by atoms with van der Waals surface area (Å²) in [6.45, 7) is 3.42. The first-order valence-electron chi connectivity index (χ1n) is 6.74. The van der Waals surface area contributed by atoms with Crippen LogP contribution in [0.4, 0.5) is 5.69 Å². The molecule has 6 nitrogen and oxygen atoms in total. The molecule has 0 radical (unpaired) electrons. The molecule has 1 aromatic rings. The molecule has 1 aliphatic heterocycles. The van der Waals surface area contributed by atoms with Crippen molar-refractivity contribution in [3.05, 3.63) is 39.4 Å². The van der Waals surface area contributed by atoms with Gasteiger partial charge in [0.15, 0.2) is 0 Å². The lowest BCUT2D eigenvalue weighted by Crippen LogP contribution is -2.44. The average molecular weight is 277 g/mol. The highest BCUT2D eigenvalue weighted by molar-refractivity contribution is 5.96. The second-order valence-corrected chi connectivity index (χ2v) is 5.10. The summed E-state index contributed by atoms with van der Waals surface area (Å²) in [5, 5.41) is 14.2. The maximum Gasteiger partial charge on any atom is 0.273 e. The van der Waals surface area contributed by atoms with Gasteiger partial charge in [-0.1, -0.05) is 6.07 Å². The topological polar surface area (TPSA) is 75.5 Å². The SMILES string of the molecule is Cc1c(C(=O)N(C)C2CCNCC2)cccc1[N+](=O)[O-]. The van der Waals surface area contributed by atoms with E-state index in [1.54, 1.807) is 31.0 Å². The zero-order valence-electron chi connectivity index (χ0n) is 11.8. The lowest BCUT2D eigenvalue weighted by atomic mass is 10.0. The van der Waals surface area contributed by atoms with Crippen molar-refractivity contribution in [1.29, 1.82) is 0 Å². The fourth-order valence-electron chi connectivity index (χ4n) is 2.60. The van der Waals surface area contributed by atoms with Crippen LogP contribution in [-0.4, -0.2) is 41.9 Å². The number of nitro benzene ring substituents is 1. The minimum Gasteiger partial charge on any atom is -0.339 e. The van der Waals surface area contributed by atoms with E-state index < -0.39 is 4.92 Å². The summed E-state index contributed by atoms with van der Waals surface area (Å²) < 4.78 is 0. The normalized spacial score (nSPS) is 15.9. The summed E-state index contributed by atoms with van der Waals surface area (Å²) >= 11 is 0. The molecule has 0 saturated carbocycles. The van der Waals surface area contributed by atoms with Gasteiger partial charge in [0, 0.05) is 30.3 Å². The first-order chi connectivity index (χ1) is 9.52. The van der Waals surface area contributed by atoms with E-state index >= 15 is 0 Å². The van der Waals surface area contributed by atoms with E-state index in [0.717, 1.165) is 25.9 Å². The van der Waals surface area contributed by atoms with Crippen LogP contribution in [-0.2, 0) is 0 Å². The zero-order chi connectivity index (χ0) is 14.7. The van der Waals surface area contributed by atoms with Crippen LogP contribution in [0.25, 0.3) is 0 Å². The van der Waals surface area contributed by atoms with Crippen molar-refractivity contribution in [2.24, 2.45) is 0 Å². The summed E-state index contributed by atoms with van der Waals surface area (Å²) in [6.07, 6.45) is 1.83. The number of rotatable bonds is 3. The van der Waals surface area contributed by atoms with Crippen LogP contribution >= 0.6 is 0 Å². The van der Waals surface area contributed by atoms with Gasteiger partial charge in [0.1, 0.15) is 0 Å². The van der Waals surface area contributed by atoms with Crippen molar-refractivity contribution in [1.82, 2.24) is 10.2 Å². The van der Waals surface area contributed by atoms with Crippen LogP contribution in [0.1, 0.15) is 28.8 Å². The summed E-state index contributed by atoms with van der Waals surface area (Å²) in [5.41, 5.74) is 0.845. The highest BCUT2D eigenvalue weighted by atomic mass is 16.6. The van der Waals surface area contributed by atoms with Crippen LogP contribution in [0, 0.1) is 17.0 Å². The van der Waals surface area contributed by atoms with E-state index in [1.165, 1.54) is 6.07 Å². The number of hydrogen-bond donors (Lipinski definition) is 1. The Morgan fingerprint density at radius 3 is 2.65 bits per heavy atom. The Morgan fingerprint density at radius 1 is 1.40 bits per heavy atom. The summed E-state index contributed by atoms with van der Waals surface area (Å²) in [6, 6.07) is 4.84. The molecule has 20 heavy (non-hydrogen) atoms. The Morgan fingerprint density at radius 2 is 2.05 bits per heavy atom. The predicted octanol–water partition coefficient (Wildman–Crippen LogP) is 1.73. The van der Waals surface area contributed by atoms with E-state index in [1.807, 2.05) is 0 Å². The van der Waals surface area contributed by atoms with Crippen LogP contribution in [0.3, 0.4) is 0 Å². The van der Waals surface area contributed by atoms with E-state index in [4.69, 9.17) is 0 Å². The molecular formula is C14H19N3O3. The molecule has 108 valence electrons. The van der Waals surface area contributed by atoms with Crippen molar-refractivity contribution in [3.8, 4) is 0 Å². The number of carbonyl (C=O) groups excluding carboxylic acids is 1. The van der Waals surface area contributed by atoms with Gasteiger partial charge in [0.25, 0.3) is 11.6 Å². The molecule has 0 bridgehead atoms. The number of nitro groups is 1. The van der Waals surface area contributed by atoms with E-state index in [-0.39, 0.29) is 17.6 Å². The number of nitrogens with one attached hydrogen (secondary N) is 1. The molecule has 0 spiro atoms. The monoisotopic (exact) mass is 277 g/mol. The predicted molar refractivity (Wildman–Crippen MR) is 75.8 cm³/mol. The second kappa shape index (κ2) is 6.00. The molecule has 1 aliphatic rings. The number of hydrogen-bond acceptors (Lipinski definition) is 4. The molecule has 2 rings (SSSR count). The van der Waals surface area contributed by atoms with Gasteiger partial charge in [-0.15, -0.1) is 0 Å². The molecule has 1 aromatic carbocycles. The molecular weight excluding hydrogens is 258 g/mol. The molecule has 1 saturated heterocycles. The molecule has 0 aromatic heterocycles. The lowest BCUT2D eigenvalue weighted by Gasteiger charge is -2.32. The minimum atomic E-state index is -0.448. The maximum atomic E-state index is 12.5. The molecule has 0 aliphatic carbocycles. The Balaban J connectivity index is 2.24. The Kier molecular flexibility index (Phi) is 4.34. The molecule has 1 fully saturated rings. The number of piperidine rings is 1. The minimum absolute atomic E-state index is 0.00504. The second-order valence-electron chi connectivity index (χ2n) is 5.10. The van der Waals surface area contributed by atoms with Gasteiger partial charge in [-0.25, -0.2) is 0 Å². The third-order valence-corrected chi connectivity index (χ3v) is 3.91. The molecule has 1 heterocycles. The van der Waals surface area contributed by atoms with Crippen LogP contribution in [0.2, 0.25) is 0 Å². The van der Waals surface area contributed by atoms with Crippen LogP contribution in [0.15, 0.2) is 18.2 Å². The Bertz CT molecular complexity index is 524. The fourth-order valence-corrected chi connectivity index (χ4v) is 2.60. The van der Waals surface area contributed by atoms with Gasteiger partial charge >= 0.3 is 0 Å². The van der Waals surface area contributed by atoms with Crippen molar-refractivity contribution < 1.29 is 9.72 Å². The summed E-state index contributed by atoms with van der Waals surface area (Å²) in [5.74, 6) is -0.141. The van der Waals surface area contributed by atoms with Gasteiger partial charge in [-0.3, -0.25) is 14.9 Å². The number of benzene rings is 1. The zero-order valence-corrected chi connectivity index (χ0v) is 11.8. The van der Waals surface area contributed by atoms with E-state index in [9.17, 15) is 14.9 Å². The van der Waals surface area contributed by atoms with Crippen LogP contribution in [0.5, 0.6) is 0 Å². The molecule has 0 atom stereocenters. The molecule has 1 N–H and O–H groups in total. The van der Waals surface area contributed by atoms with Gasteiger partial charge in [0.05, 0.1) is 4.92 Å². The van der Waals surface area contributed by atoms with Crippen molar-refractivity contribution in [2.75, 3.05) is 20.1 Å². The largest absolute Gasteiger partial charge is 0.339 e. The third kappa shape index (κ3) is 2.80. The van der Waals surface area contributed by atoms with Gasteiger partial charge in [-0.05, 0) is 38.9 Å². The van der Waals surface area contributed by atoms with Crippen molar-refractivity contribution >= 4 is 11.6 Å². The maximum absolute atomic E-state index is 12.5.